The molecule has 1 atom stereocenters. The normalized spacial score (nSPS) is 15.2. The molecule has 166 valence electrons. The molecule has 0 saturated carbocycles. The number of nitrogens with one attached hydrogen (secondary N) is 1. The van der Waals surface area contributed by atoms with Gasteiger partial charge in [-0.1, -0.05) is 49.2 Å². The molecule has 4 rings (SSSR count). The maximum Gasteiger partial charge on any atom is 0.338 e. The van der Waals surface area contributed by atoms with E-state index < -0.39 is 6.04 Å². The number of fused-ring (bicyclic) bond motifs is 1. The number of aromatic nitrogens is 3. The van der Waals surface area contributed by atoms with Crippen LogP contribution >= 0.6 is 11.6 Å². The number of hydrogen-bond acceptors (Lipinski definition) is 6. The molecule has 0 aliphatic carbocycles. The predicted molar refractivity (Wildman–Crippen MR) is 123 cm³/mol. The molecule has 32 heavy (non-hydrogen) atoms. The summed E-state index contributed by atoms with van der Waals surface area (Å²) in [5.74, 6) is 0.930. The van der Waals surface area contributed by atoms with E-state index in [0.29, 0.717) is 41.9 Å². The largest absolute Gasteiger partial charge is 0.489 e. The Morgan fingerprint density at radius 3 is 2.75 bits per heavy atom. The van der Waals surface area contributed by atoms with Crippen molar-refractivity contribution in [3.05, 3.63) is 82.3 Å². The fourth-order valence-electron chi connectivity index (χ4n) is 3.74. The average molecular weight is 453 g/mol. The van der Waals surface area contributed by atoms with E-state index in [0.717, 1.165) is 23.2 Å². The van der Waals surface area contributed by atoms with Gasteiger partial charge in [0.15, 0.2) is 0 Å². The fourth-order valence-corrected chi connectivity index (χ4v) is 3.86. The van der Waals surface area contributed by atoms with Crippen LogP contribution in [0.3, 0.4) is 0 Å². The van der Waals surface area contributed by atoms with Gasteiger partial charge in [0.1, 0.15) is 24.7 Å². The summed E-state index contributed by atoms with van der Waals surface area (Å²) in [6.07, 6.45) is 3.05. The van der Waals surface area contributed by atoms with Crippen LogP contribution in [0.1, 0.15) is 43.9 Å². The summed E-state index contributed by atoms with van der Waals surface area (Å²) < 4.78 is 13.1. The standard InChI is InChI=1S/C24H25ClN4O3/c1-3-6-20-21(23(30)31-4-2)22(29-24(28-20)26-15-27-29)17-7-5-8-19(13-17)32-14-16-9-11-18(25)12-10-16/h5,7-13,15,22H,3-4,6,14H2,1-2H3,(H,26,27,28)/t22-/m0/s1. The van der Waals surface area contributed by atoms with E-state index in [1.54, 1.807) is 11.6 Å². The Balaban J connectivity index is 1.68. The van der Waals surface area contributed by atoms with Crippen molar-refractivity contribution in [2.45, 2.75) is 39.3 Å². The third kappa shape index (κ3) is 4.62. The minimum absolute atomic E-state index is 0.295. The van der Waals surface area contributed by atoms with E-state index >= 15 is 0 Å². The summed E-state index contributed by atoms with van der Waals surface area (Å²) in [6.45, 7) is 4.57. The van der Waals surface area contributed by atoms with Crippen molar-refractivity contribution in [1.82, 2.24) is 14.8 Å². The molecule has 1 aliphatic rings. The molecule has 1 aromatic heterocycles. The number of hydrogen-bond donors (Lipinski definition) is 1. The van der Waals surface area contributed by atoms with Crippen molar-refractivity contribution in [2.24, 2.45) is 0 Å². The van der Waals surface area contributed by atoms with Gasteiger partial charge >= 0.3 is 5.97 Å². The highest BCUT2D eigenvalue weighted by Gasteiger charge is 2.35. The van der Waals surface area contributed by atoms with Crippen LogP contribution in [0.4, 0.5) is 5.95 Å². The van der Waals surface area contributed by atoms with E-state index in [4.69, 9.17) is 21.1 Å². The number of ether oxygens (including phenoxy) is 2. The van der Waals surface area contributed by atoms with Gasteiger partial charge in [0, 0.05) is 10.7 Å². The van der Waals surface area contributed by atoms with Crippen LogP contribution in [0.15, 0.2) is 66.1 Å². The number of carbonyl (C=O) groups excluding carboxylic acids is 1. The Morgan fingerprint density at radius 1 is 1.19 bits per heavy atom. The monoisotopic (exact) mass is 452 g/mol. The molecule has 0 bridgehead atoms. The number of allylic oxidation sites excluding steroid dienone is 1. The second-order valence-electron chi connectivity index (χ2n) is 7.41. The van der Waals surface area contributed by atoms with E-state index in [1.807, 2.05) is 48.5 Å². The Labute approximate surface area is 192 Å². The van der Waals surface area contributed by atoms with Gasteiger partial charge < -0.3 is 14.8 Å². The lowest BCUT2D eigenvalue weighted by Crippen LogP contribution is -2.30. The molecular weight excluding hydrogens is 428 g/mol. The number of halogens is 1. The number of carbonyl (C=O) groups is 1. The molecule has 2 aromatic carbocycles. The first-order valence-electron chi connectivity index (χ1n) is 10.6. The number of anilines is 1. The lowest BCUT2D eigenvalue weighted by molar-refractivity contribution is -0.139. The van der Waals surface area contributed by atoms with Crippen LogP contribution in [0, 0.1) is 0 Å². The SMILES string of the molecule is CCCC1=C(C(=O)OCC)[C@H](c2cccc(OCc3ccc(Cl)cc3)c2)n2ncnc2N1. The van der Waals surface area contributed by atoms with Crippen LogP contribution in [-0.2, 0) is 16.1 Å². The number of esters is 1. The predicted octanol–water partition coefficient (Wildman–Crippen LogP) is 5.14. The topological polar surface area (TPSA) is 78.3 Å². The first-order valence-corrected chi connectivity index (χ1v) is 11.0. The fraction of sp³-hybridized carbons (Fsp3) is 0.292. The highest BCUT2D eigenvalue weighted by atomic mass is 35.5. The van der Waals surface area contributed by atoms with Crippen molar-refractivity contribution < 1.29 is 14.3 Å². The van der Waals surface area contributed by atoms with Gasteiger partial charge in [0.25, 0.3) is 0 Å². The Bertz CT molecular complexity index is 1120. The molecule has 1 aliphatic heterocycles. The van der Waals surface area contributed by atoms with Gasteiger partial charge in [0.2, 0.25) is 5.95 Å². The molecular formula is C24H25ClN4O3. The summed E-state index contributed by atoms with van der Waals surface area (Å²) in [5.41, 5.74) is 3.23. The van der Waals surface area contributed by atoms with Gasteiger partial charge in [-0.15, -0.1) is 0 Å². The van der Waals surface area contributed by atoms with E-state index in [2.05, 4.69) is 22.3 Å². The summed E-state index contributed by atoms with van der Waals surface area (Å²) >= 11 is 5.96. The zero-order valence-electron chi connectivity index (χ0n) is 18.0. The van der Waals surface area contributed by atoms with Gasteiger partial charge in [-0.3, -0.25) is 0 Å². The Kier molecular flexibility index (Phi) is 6.75. The highest BCUT2D eigenvalue weighted by Crippen LogP contribution is 2.37. The summed E-state index contributed by atoms with van der Waals surface area (Å²) in [7, 11) is 0. The van der Waals surface area contributed by atoms with Gasteiger partial charge in [0.05, 0.1) is 12.2 Å². The van der Waals surface area contributed by atoms with Crippen molar-refractivity contribution >= 4 is 23.5 Å². The third-order valence-electron chi connectivity index (χ3n) is 5.17. The van der Waals surface area contributed by atoms with Crippen molar-refractivity contribution in [3.8, 4) is 5.75 Å². The van der Waals surface area contributed by atoms with Gasteiger partial charge in [-0.2, -0.15) is 10.1 Å². The highest BCUT2D eigenvalue weighted by molar-refractivity contribution is 6.30. The molecule has 0 amide bonds. The molecule has 0 unspecified atom stereocenters. The number of rotatable bonds is 8. The molecule has 2 heterocycles. The van der Waals surface area contributed by atoms with E-state index in [1.165, 1.54) is 6.33 Å². The quantitative estimate of drug-likeness (QED) is 0.476. The van der Waals surface area contributed by atoms with Crippen molar-refractivity contribution in [1.29, 1.82) is 0 Å². The van der Waals surface area contributed by atoms with Crippen LogP contribution in [0.2, 0.25) is 5.02 Å². The summed E-state index contributed by atoms with van der Waals surface area (Å²) in [4.78, 5) is 17.3. The molecule has 7 nitrogen and oxygen atoms in total. The lowest BCUT2D eigenvalue weighted by atomic mass is 9.94. The molecule has 0 spiro atoms. The van der Waals surface area contributed by atoms with Gasteiger partial charge in [-0.25, -0.2) is 9.48 Å². The summed E-state index contributed by atoms with van der Waals surface area (Å²) in [5, 5.41) is 8.33. The molecule has 0 fully saturated rings. The lowest BCUT2D eigenvalue weighted by Gasteiger charge is -2.29. The Morgan fingerprint density at radius 2 is 2.00 bits per heavy atom. The first kappa shape index (κ1) is 21.9. The van der Waals surface area contributed by atoms with E-state index in [9.17, 15) is 4.79 Å². The van der Waals surface area contributed by atoms with Crippen LogP contribution in [-0.4, -0.2) is 27.3 Å². The smallest absolute Gasteiger partial charge is 0.338 e. The second kappa shape index (κ2) is 9.87. The Hall–Kier alpha value is -3.32. The average Bonchev–Trinajstić information content (AvgIpc) is 3.26. The number of nitrogens with zero attached hydrogens (tertiary/aromatic N) is 3. The molecule has 8 heteroatoms. The molecule has 3 aromatic rings. The third-order valence-corrected chi connectivity index (χ3v) is 5.42. The maximum atomic E-state index is 13.0. The van der Waals surface area contributed by atoms with Crippen molar-refractivity contribution in [3.63, 3.8) is 0 Å². The molecule has 1 N–H and O–H groups in total. The zero-order valence-corrected chi connectivity index (χ0v) is 18.8. The van der Waals surface area contributed by atoms with Gasteiger partial charge in [-0.05, 0) is 48.7 Å². The molecule has 0 saturated heterocycles. The van der Waals surface area contributed by atoms with Crippen molar-refractivity contribution in [2.75, 3.05) is 11.9 Å². The van der Waals surface area contributed by atoms with Crippen LogP contribution in [0.25, 0.3) is 0 Å². The maximum absolute atomic E-state index is 13.0. The molecule has 0 radical (unpaired) electrons. The minimum atomic E-state index is -0.464. The van der Waals surface area contributed by atoms with Crippen LogP contribution in [0.5, 0.6) is 5.75 Å². The zero-order chi connectivity index (χ0) is 22.5. The minimum Gasteiger partial charge on any atom is -0.489 e. The van der Waals surface area contributed by atoms with Crippen LogP contribution < -0.4 is 10.1 Å². The second-order valence-corrected chi connectivity index (χ2v) is 7.84. The van der Waals surface area contributed by atoms with E-state index in [-0.39, 0.29) is 5.97 Å². The number of benzene rings is 2. The first-order chi connectivity index (χ1) is 15.6. The summed E-state index contributed by atoms with van der Waals surface area (Å²) in [6, 6.07) is 14.8.